The molecule has 0 spiro atoms. The maximum absolute atomic E-state index is 2.58. The summed E-state index contributed by atoms with van der Waals surface area (Å²) in [5, 5.41) is 0. The zero-order valence-corrected chi connectivity index (χ0v) is 107. The quantitative estimate of drug-likeness (QED) is 0.227. The molecule has 0 aliphatic heterocycles. The molecule has 14 rings (SSSR count). The highest BCUT2D eigenvalue weighted by atomic mass is 15.0. The Hall–Kier alpha value is 0. The van der Waals surface area contributed by atoms with E-state index in [0.29, 0.717) is 255 Å². The van der Waals surface area contributed by atoms with Gasteiger partial charge in [-0.3, -0.25) is 0 Å². The van der Waals surface area contributed by atoms with Gasteiger partial charge in [0.15, 0.2) is 0 Å². The van der Waals surface area contributed by atoms with Crippen molar-refractivity contribution >= 4 is 0 Å². The molecule has 14 saturated carbocycles. The molecule has 0 nitrogen and oxygen atoms in total. The Morgan fingerprint density at radius 3 is 0.160 bits per heavy atom. The van der Waals surface area contributed by atoms with Gasteiger partial charge in [-0.15, -0.1) is 0 Å². The summed E-state index contributed by atoms with van der Waals surface area (Å²) in [5.41, 5.74) is 16.1. The van der Waals surface area contributed by atoms with Gasteiger partial charge in [0.1, 0.15) is 0 Å². The van der Waals surface area contributed by atoms with Crippen molar-refractivity contribution in [1.82, 2.24) is 0 Å². The molecule has 0 unspecified atom stereocenters. The van der Waals surface area contributed by atoms with Crippen molar-refractivity contribution in [3.05, 3.63) is 27.1 Å². The van der Waals surface area contributed by atoms with Gasteiger partial charge in [0, 0.05) is 0 Å². The second-order valence-electron chi connectivity index (χ2n) is 71.8. The number of hydrogen-bond acceptors (Lipinski definition) is 0. The Bertz CT molecular complexity index is 3580. The molecule has 0 radical (unpaired) electrons. The lowest BCUT2D eigenvalue weighted by Gasteiger charge is -2.67. The third kappa shape index (κ3) is 9.02. The number of rotatable bonds is 0. The second kappa shape index (κ2) is 26.1. The van der Waals surface area contributed by atoms with Gasteiger partial charge >= 0.3 is 0 Å². The maximum atomic E-state index is 2.58. The molecule has 0 aromatic carbocycles. The van der Waals surface area contributed by atoms with Crippen LogP contribution in [0.1, 0.15) is 568 Å². The van der Waals surface area contributed by atoms with Gasteiger partial charge in [-0.1, -0.05) is 568 Å². The van der Waals surface area contributed by atoms with Gasteiger partial charge < -0.3 is 0 Å². The predicted molar refractivity (Wildman–Crippen MR) is 591 cm³/mol. The fourth-order valence-corrected chi connectivity index (χ4v) is 53.2. The van der Waals surface area contributed by atoms with Crippen LogP contribution in [-0.4, -0.2) is 0 Å². The van der Waals surface area contributed by atoms with Gasteiger partial charge in [0.2, 0.25) is 0 Å². The van der Waals surface area contributed by atoms with Crippen molar-refractivity contribution in [2.24, 2.45) is 239 Å². The second-order valence-corrected chi connectivity index (χ2v) is 71.8. The Morgan fingerprint density at radius 2 is 0.122 bits per heavy atom. The molecular formula is C131H248. The van der Waals surface area contributed by atoms with Crippen LogP contribution in [-0.2, 0) is 0 Å². The fourth-order valence-electron chi connectivity index (χ4n) is 53.2. The Labute approximate surface area is 828 Å². The molecule has 14 aliphatic carbocycles. The molecule has 0 aromatic rings. The van der Waals surface area contributed by atoms with E-state index in [4.69, 9.17) is 0 Å². The fraction of sp³-hybridized carbons (Fsp3) is 1.00. The average Bonchev–Trinajstić information content (AvgIpc) is 1.43. The van der Waals surface area contributed by atoms with Crippen molar-refractivity contribution in [2.45, 2.75) is 568 Å². The van der Waals surface area contributed by atoms with Gasteiger partial charge in [0.25, 0.3) is 0 Å². The van der Waals surface area contributed by atoms with Gasteiger partial charge in [-0.25, -0.2) is 0 Å². The van der Waals surface area contributed by atoms with Crippen LogP contribution in [0.5, 0.6) is 0 Å². The van der Waals surface area contributed by atoms with Crippen LogP contribution in [0.3, 0.4) is 0 Å². The van der Waals surface area contributed by atoms with Crippen LogP contribution < -0.4 is 0 Å². The van der Waals surface area contributed by atoms with Crippen molar-refractivity contribution in [2.75, 3.05) is 0 Å². The standard InChI is InChI=1S/5C19H36.2C18H34/c5*1-13(2)14(3,4)19(12)16(7,8)15(5,6)18(13,11)17(19,9)10;2*1-13(2)12-14(3,4)17(9,10)18(11,15(12,5)6)16(13,7)8/h5*1-12H3;2*12H,1-11H3. The van der Waals surface area contributed by atoms with E-state index in [1.54, 1.807) is 0 Å². The van der Waals surface area contributed by atoms with Gasteiger partial charge in [-0.05, 0) is 266 Å². The Kier molecular flexibility index (Phi) is 23.1. The molecule has 14 aliphatic rings. The monoisotopic (exact) mass is 1820 g/mol. The van der Waals surface area contributed by atoms with Gasteiger partial charge in [0.05, 0.1) is 0 Å². The van der Waals surface area contributed by atoms with Crippen LogP contribution in [0.2, 0.25) is 0 Å². The molecule has 14 fully saturated rings. The van der Waals surface area contributed by atoms with Crippen LogP contribution in [0.4, 0.5) is 0 Å². The summed E-state index contributed by atoms with van der Waals surface area (Å²) in [6.45, 7) is 208. The number of fused-ring (bicyclic) bond motifs is 14. The van der Waals surface area contributed by atoms with Crippen molar-refractivity contribution in [3.63, 3.8) is 0 Å². The van der Waals surface area contributed by atoms with E-state index in [1.807, 2.05) is 0 Å². The lowest BCUT2D eigenvalue weighted by molar-refractivity contribution is -0.193. The largest absolute Gasteiger partial charge is 0.0591 e. The maximum Gasteiger partial charge on any atom is -0.0156 e. The van der Waals surface area contributed by atoms with Crippen molar-refractivity contribution < 1.29 is 0 Å². The summed E-state index contributed by atoms with van der Waals surface area (Å²) in [6.07, 6.45) is 0. The summed E-state index contributed by atoms with van der Waals surface area (Å²) in [5.74, 6) is 1.54. The van der Waals surface area contributed by atoms with Crippen molar-refractivity contribution in [1.29, 1.82) is 0 Å². The van der Waals surface area contributed by atoms with Crippen LogP contribution in [0, 0.1) is 266 Å². The smallest absolute Gasteiger partial charge is 0.0156 e. The van der Waals surface area contributed by atoms with E-state index >= 15 is 0 Å². The molecular weight excluding hydrogens is 1570 g/mol. The average molecular weight is 1820 g/mol. The van der Waals surface area contributed by atoms with Crippen LogP contribution in [0.15, 0.2) is 0 Å². The van der Waals surface area contributed by atoms with E-state index in [9.17, 15) is 0 Å². The Morgan fingerprint density at radius 1 is 0.0611 bits per heavy atom. The highest BCUT2D eigenvalue weighted by Crippen LogP contribution is 3.02. The molecule has 0 heteroatoms. The first-order chi connectivity index (χ1) is 55.2. The van der Waals surface area contributed by atoms with Gasteiger partial charge in [-0.2, -0.15) is 0 Å². The van der Waals surface area contributed by atoms with Crippen LogP contribution >= 0.6 is 0 Å². The predicted octanol–water partition coefficient (Wildman–Crippen LogP) is 42.7. The zero-order valence-electron chi connectivity index (χ0n) is 107. The lowest BCUT2D eigenvalue weighted by Crippen LogP contribution is -2.61. The van der Waals surface area contributed by atoms with E-state index < -0.39 is 0 Å². The zero-order chi connectivity index (χ0) is 107. The molecule has 0 amide bonds. The minimum Gasteiger partial charge on any atom is -0.0591 e. The third-order valence-corrected chi connectivity index (χ3v) is 71.5. The summed E-state index contributed by atoms with van der Waals surface area (Å²) < 4.78 is 0. The molecule has 0 N–H and O–H groups in total. The van der Waals surface area contributed by atoms with Crippen LogP contribution in [0.25, 0.3) is 0 Å². The first-order valence-electron chi connectivity index (χ1n) is 55.2. The Balaban J connectivity index is 0.000000188. The molecule has 131 heavy (non-hydrogen) atoms. The highest BCUT2D eigenvalue weighted by molar-refractivity contribution is 5.87. The third-order valence-electron chi connectivity index (χ3n) is 71.5. The minimum absolute atomic E-state index is 0.328. The highest BCUT2D eigenvalue weighted by Gasteiger charge is 2.96. The minimum atomic E-state index is 0.328. The van der Waals surface area contributed by atoms with E-state index in [-0.39, 0.29) is 0 Å². The number of hydrogen-bond donors (Lipinski definition) is 0. The molecule has 14 bridgehead atoms. The molecule has 0 saturated heterocycles. The SMILES string of the molecule is CC1(C)C(C)(C)C2(C)C(C)(C)C(C)(C)C1(C)C2(C)C.CC1(C)C(C)(C)C2(C)C(C)(C)C(C)(C)C1(C)C2(C)C.CC1(C)C(C)(C)C2(C)C(C)(C)C(C)(C)C1(C)C2(C)C.CC1(C)C(C)(C)C2(C)C(C)(C)C(C)(C)C1(C)C2(C)C.CC1(C)C(C)(C)C2(C)C(C)(C)C(C)(C)C1(C)C2(C)C.CC1(C)C2C(C)(C)C(C)(C)C(C)(C2(C)C)C1(C)C.CC1(C)C2C(C)(C)C(C)(C)C(C)(C2(C)C)C1(C)C. The lowest BCUT2D eigenvalue weighted by atomic mass is 9.37. The molecule has 0 aromatic heterocycles. The summed E-state index contributed by atoms with van der Waals surface area (Å²) in [4.78, 5) is 0. The summed E-state index contributed by atoms with van der Waals surface area (Å²) in [7, 11) is 0. The molecule has 0 atom stereocenters. The first kappa shape index (κ1) is 116. The molecule has 772 valence electrons. The normalized spacial score (nSPS) is 46.8. The van der Waals surface area contributed by atoms with E-state index in [0.717, 1.165) is 11.8 Å². The van der Waals surface area contributed by atoms with Crippen molar-refractivity contribution in [3.8, 4) is 0 Å². The van der Waals surface area contributed by atoms with E-state index in [1.165, 1.54) is 0 Å². The first-order valence-corrected chi connectivity index (χ1v) is 55.2. The topological polar surface area (TPSA) is 0 Å². The van der Waals surface area contributed by atoms with E-state index in [2.05, 4.69) is 568 Å². The molecule has 0 heterocycles. The summed E-state index contributed by atoms with van der Waals surface area (Å²) in [6, 6.07) is 0. The summed E-state index contributed by atoms with van der Waals surface area (Å²) >= 11 is 0.